The molecule has 0 fully saturated rings. The van der Waals surface area contributed by atoms with Gasteiger partial charge in [0.1, 0.15) is 5.02 Å². The van der Waals surface area contributed by atoms with Crippen molar-refractivity contribution in [2.75, 3.05) is 0 Å². The van der Waals surface area contributed by atoms with E-state index in [1.165, 1.54) is 0 Å². The third kappa shape index (κ3) is 3.08. The van der Waals surface area contributed by atoms with Gasteiger partial charge in [0.2, 0.25) is 5.88 Å². The molecule has 1 heterocycles. The van der Waals surface area contributed by atoms with Crippen molar-refractivity contribution in [3.8, 4) is 5.88 Å². The van der Waals surface area contributed by atoms with E-state index in [2.05, 4.69) is 9.72 Å². The van der Waals surface area contributed by atoms with E-state index in [-0.39, 0.29) is 15.2 Å². The Morgan fingerprint density at radius 3 is 2.21 bits per heavy atom. The van der Waals surface area contributed by atoms with Gasteiger partial charge in [-0.1, -0.05) is 34.8 Å². The molecule has 0 amide bonds. The third-order valence-corrected chi connectivity index (χ3v) is 2.01. The fourth-order valence-electron chi connectivity index (χ4n) is 0.610. The first-order chi connectivity index (χ1) is 6.29. The molecular formula is C6HCl3F3NO. The number of rotatable bonds is 1. The predicted octanol–water partition coefficient (Wildman–Crippen LogP) is 3.94. The van der Waals surface area contributed by atoms with Gasteiger partial charge < -0.3 is 4.74 Å². The van der Waals surface area contributed by atoms with Crippen molar-refractivity contribution < 1.29 is 17.9 Å². The predicted molar refractivity (Wildman–Crippen MR) is 46.0 cm³/mol. The normalized spacial score (nSPS) is 11.6. The zero-order valence-electron chi connectivity index (χ0n) is 6.20. The zero-order chi connectivity index (χ0) is 10.9. The van der Waals surface area contributed by atoms with Crippen molar-refractivity contribution in [2.45, 2.75) is 6.36 Å². The van der Waals surface area contributed by atoms with Gasteiger partial charge in [-0.25, -0.2) is 0 Å². The van der Waals surface area contributed by atoms with Gasteiger partial charge in [-0.2, -0.15) is 4.98 Å². The van der Waals surface area contributed by atoms with Crippen molar-refractivity contribution in [3.05, 3.63) is 21.3 Å². The quantitative estimate of drug-likeness (QED) is 0.718. The van der Waals surface area contributed by atoms with Gasteiger partial charge in [-0.05, 0) is 6.07 Å². The highest BCUT2D eigenvalue weighted by atomic mass is 35.5. The smallest absolute Gasteiger partial charge is 0.386 e. The van der Waals surface area contributed by atoms with Gasteiger partial charge in [0, 0.05) is 0 Å². The molecule has 0 unspecified atom stereocenters. The molecule has 0 aliphatic rings. The first kappa shape index (κ1) is 11.7. The highest BCUT2D eigenvalue weighted by molar-refractivity contribution is 6.42. The molecule has 2 nitrogen and oxygen atoms in total. The van der Waals surface area contributed by atoms with Crippen LogP contribution in [-0.4, -0.2) is 11.3 Å². The molecule has 0 spiro atoms. The van der Waals surface area contributed by atoms with Gasteiger partial charge in [0.05, 0.1) is 5.02 Å². The second-order valence-corrected chi connectivity index (χ2v) is 3.27. The molecule has 78 valence electrons. The van der Waals surface area contributed by atoms with Crippen LogP contribution >= 0.6 is 34.8 Å². The summed E-state index contributed by atoms with van der Waals surface area (Å²) in [6.07, 6.45) is -4.87. The van der Waals surface area contributed by atoms with Crippen molar-refractivity contribution in [3.63, 3.8) is 0 Å². The summed E-state index contributed by atoms with van der Waals surface area (Å²) in [6, 6.07) is 1.01. The Morgan fingerprint density at radius 1 is 1.14 bits per heavy atom. The molecule has 0 saturated heterocycles. The summed E-state index contributed by atoms with van der Waals surface area (Å²) in [7, 11) is 0. The van der Waals surface area contributed by atoms with E-state index < -0.39 is 12.2 Å². The van der Waals surface area contributed by atoms with E-state index in [1.807, 2.05) is 0 Å². The number of alkyl halides is 3. The lowest BCUT2D eigenvalue weighted by molar-refractivity contribution is -0.276. The fraction of sp³-hybridized carbons (Fsp3) is 0.167. The molecule has 0 aliphatic carbocycles. The Bertz CT molecular complexity index is 355. The molecule has 8 heteroatoms. The number of ether oxygens (including phenoxy) is 1. The molecule has 14 heavy (non-hydrogen) atoms. The van der Waals surface area contributed by atoms with E-state index in [1.54, 1.807) is 0 Å². The van der Waals surface area contributed by atoms with Gasteiger partial charge >= 0.3 is 6.36 Å². The van der Waals surface area contributed by atoms with Crippen LogP contribution in [0.25, 0.3) is 0 Å². The molecule has 1 aromatic heterocycles. The summed E-state index contributed by atoms with van der Waals surface area (Å²) in [5.74, 6) is -0.825. The van der Waals surface area contributed by atoms with E-state index in [9.17, 15) is 13.2 Å². The van der Waals surface area contributed by atoms with Crippen LogP contribution in [0.3, 0.4) is 0 Å². The van der Waals surface area contributed by atoms with E-state index >= 15 is 0 Å². The summed E-state index contributed by atoms with van der Waals surface area (Å²) < 4.78 is 38.8. The Balaban J connectivity index is 3.04. The van der Waals surface area contributed by atoms with E-state index in [0.717, 1.165) is 6.07 Å². The molecule has 0 aromatic carbocycles. The zero-order valence-corrected chi connectivity index (χ0v) is 8.47. The first-order valence-electron chi connectivity index (χ1n) is 3.07. The lowest BCUT2D eigenvalue weighted by atomic mass is 10.5. The van der Waals surface area contributed by atoms with E-state index in [4.69, 9.17) is 34.8 Å². The molecule has 0 saturated carbocycles. The Labute approximate surface area is 91.5 Å². The summed E-state index contributed by atoms with van der Waals surface area (Å²) in [5, 5.41) is -0.724. The number of hydrogen-bond donors (Lipinski definition) is 0. The van der Waals surface area contributed by atoms with Gasteiger partial charge in [0.25, 0.3) is 0 Å². The minimum Gasteiger partial charge on any atom is -0.386 e. The number of aromatic nitrogens is 1. The van der Waals surface area contributed by atoms with Crippen LogP contribution in [0.15, 0.2) is 6.07 Å². The fourth-order valence-corrected chi connectivity index (χ4v) is 1.14. The minimum atomic E-state index is -4.87. The molecule has 1 aromatic rings. The molecule has 0 radical (unpaired) electrons. The van der Waals surface area contributed by atoms with Gasteiger partial charge in [0.15, 0.2) is 5.15 Å². The van der Waals surface area contributed by atoms with Crippen LogP contribution in [-0.2, 0) is 0 Å². The average molecular weight is 266 g/mol. The second-order valence-electron chi connectivity index (χ2n) is 2.10. The second kappa shape index (κ2) is 4.00. The van der Waals surface area contributed by atoms with Crippen LogP contribution in [0.2, 0.25) is 15.2 Å². The maximum Gasteiger partial charge on any atom is 0.574 e. The molecule has 0 bridgehead atoms. The SMILES string of the molecule is FC(F)(F)Oc1nc(Cl)c(Cl)cc1Cl. The highest BCUT2D eigenvalue weighted by Crippen LogP contribution is 2.33. The van der Waals surface area contributed by atoms with Crippen LogP contribution < -0.4 is 4.74 Å². The van der Waals surface area contributed by atoms with Crippen LogP contribution in [0, 0.1) is 0 Å². The van der Waals surface area contributed by atoms with Crippen molar-refractivity contribution in [2.24, 2.45) is 0 Å². The Hall–Kier alpha value is -0.390. The van der Waals surface area contributed by atoms with Gasteiger partial charge in [-0.15, -0.1) is 13.2 Å². The summed E-state index contributed by atoms with van der Waals surface area (Å²) >= 11 is 16.2. The maximum absolute atomic E-state index is 11.8. The standard InChI is InChI=1S/C6HCl3F3NO/c7-2-1-3(8)5(13-4(2)9)14-6(10,11)12/h1H. The molecule has 0 aliphatic heterocycles. The maximum atomic E-state index is 11.8. The first-order valence-corrected chi connectivity index (χ1v) is 4.20. The number of pyridine rings is 1. The van der Waals surface area contributed by atoms with Gasteiger partial charge in [-0.3, -0.25) is 0 Å². The van der Waals surface area contributed by atoms with Crippen molar-refractivity contribution in [1.82, 2.24) is 4.98 Å². The monoisotopic (exact) mass is 265 g/mol. The van der Waals surface area contributed by atoms with E-state index in [0.29, 0.717) is 0 Å². The summed E-state index contributed by atoms with van der Waals surface area (Å²) in [4.78, 5) is 3.22. The molecule has 0 N–H and O–H groups in total. The molecule has 1 rings (SSSR count). The minimum absolute atomic E-state index is 0.0498. The van der Waals surface area contributed by atoms with Crippen LogP contribution in [0.1, 0.15) is 0 Å². The highest BCUT2D eigenvalue weighted by Gasteiger charge is 2.33. The van der Waals surface area contributed by atoms with Crippen LogP contribution in [0.5, 0.6) is 5.88 Å². The largest absolute Gasteiger partial charge is 0.574 e. The topological polar surface area (TPSA) is 22.1 Å². The number of nitrogens with zero attached hydrogens (tertiary/aromatic N) is 1. The molecular weight excluding hydrogens is 265 g/mol. The summed E-state index contributed by atoms with van der Waals surface area (Å²) in [6.45, 7) is 0. The average Bonchev–Trinajstić information content (AvgIpc) is 1.97. The molecule has 0 atom stereocenters. The summed E-state index contributed by atoms with van der Waals surface area (Å²) in [5.41, 5.74) is 0. The van der Waals surface area contributed by atoms with Crippen LogP contribution in [0.4, 0.5) is 13.2 Å². The number of halogens is 6. The third-order valence-electron chi connectivity index (χ3n) is 1.07. The number of hydrogen-bond acceptors (Lipinski definition) is 2. The van der Waals surface area contributed by atoms with Crippen molar-refractivity contribution >= 4 is 34.8 Å². The Morgan fingerprint density at radius 2 is 1.71 bits per heavy atom. The van der Waals surface area contributed by atoms with Crippen molar-refractivity contribution in [1.29, 1.82) is 0 Å². The Kier molecular flexibility index (Phi) is 3.34. The lowest BCUT2D eigenvalue weighted by Crippen LogP contribution is -2.18. The lowest BCUT2D eigenvalue weighted by Gasteiger charge is -2.09.